The minimum Gasteiger partial charge on any atom is -0.301 e. The molecule has 0 aliphatic rings. The number of hydrogen-bond donors (Lipinski definition) is 1. The number of rotatable bonds is 12. The SMILES string of the molecule is CCCCCCCCCCC(=O)Nc1nnc(SCC)s1. The maximum Gasteiger partial charge on any atom is 0.226 e. The highest BCUT2D eigenvalue weighted by Crippen LogP contribution is 2.25. The summed E-state index contributed by atoms with van der Waals surface area (Å²) in [4.78, 5) is 11.8. The predicted octanol–water partition coefficient (Wildman–Crippen LogP) is 5.12. The van der Waals surface area contributed by atoms with Crippen molar-refractivity contribution in [1.82, 2.24) is 10.2 Å². The van der Waals surface area contributed by atoms with E-state index in [1.54, 1.807) is 11.8 Å². The molecule has 0 saturated heterocycles. The molecule has 0 radical (unpaired) electrons. The van der Waals surface area contributed by atoms with Gasteiger partial charge >= 0.3 is 0 Å². The largest absolute Gasteiger partial charge is 0.301 e. The highest BCUT2D eigenvalue weighted by atomic mass is 32.2. The van der Waals surface area contributed by atoms with E-state index in [0.29, 0.717) is 11.6 Å². The van der Waals surface area contributed by atoms with Crippen molar-refractivity contribution in [2.24, 2.45) is 0 Å². The third-order valence-corrected chi connectivity index (χ3v) is 5.03. The van der Waals surface area contributed by atoms with Crippen molar-refractivity contribution in [2.75, 3.05) is 11.1 Å². The number of carbonyl (C=O) groups excluding carboxylic acids is 1. The normalized spacial score (nSPS) is 10.8. The van der Waals surface area contributed by atoms with Gasteiger partial charge in [0.2, 0.25) is 11.0 Å². The second kappa shape index (κ2) is 12.0. The molecule has 0 spiro atoms. The molecule has 6 heteroatoms. The van der Waals surface area contributed by atoms with Gasteiger partial charge in [-0.2, -0.15) is 0 Å². The molecular formula is C15H27N3OS2. The smallest absolute Gasteiger partial charge is 0.226 e. The van der Waals surface area contributed by atoms with Crippen LogP contribution in [0, 0.1) is 0 Å². The Hall–Kier alpha value is -0.620. The number of thioether (sulfide) groups is 1. The second-order valence-corrected chi connectivity index (χ2v) is 7.57. The van der Waals surface area contributed by atoms with Crippen molar-refractivity contribution in [2.45, 2.75) is 76.0 Å². The number of anilines is 1. The van der Waals surface area contributed by atoms with Gasteiger partial charge in [0.25, 0.3) is 0 Å². The van der Waals surface area contributed by atoms with Gasteiger partial charge in [-0.15, -0.1) is 10.2 Å². The Balaban J connectivity index is 2.03. The van der Waals surface area contributed by atoms with Gasteiger partial charge in [-0.05, 0) is 12.2 Å². The molecule has 1 amide bonds. The van der Waals surface area contributed by atoms with Gasteiger partial charge in [-0.3, -0.25) is 4.79 Å². The second-order valence-electron chi connectivity index (χ2n) is 5.08. The van der Waals surface area contributed by atoms with E-state index in [1.165, 1.54) is 49.9 Å². The lowest BCUT2D eigenvalue weighted by Gasteiger charge is -2.02. The maximum atomic E-state index is 11.8. The van der Waals surface area contributed by atoms with E-state index >= 15 is 0 Å². The van der Waals surface area contributed by atoms with Gasteiger partial charge < -0.3 is 5.32 Å². The number of hydrogen-bond acceptors (Lipinski definition) is 5. The molecule has 1 aromatic rings. The van der Waals surface area contributed by atoms with Crippen molar-refractivity contribution >= 4 is 34.1 Å². The van der Waals surface area contributed by atoms with E-state index in [2.05, 4.69) is 29.4 Å². The Labute approximate surface area is 136 Å². The summed E-state index contributed by atoms with van der Waals surface area (Å²) in [6.45, 7) is 4.31. The third-order valence-electron chi connectivity index (χ3n) is 3.18. The van der Waals surface area contributed by atoms with E-state index in [9.17, 15) is 4.79 Å². The third kappa shape index (κ3) is 9.09. The molecule has 0 unspecified atom stereocenters. The predicted molar refractivity (Wildman–Crippen MR) is 92.2 cm³/mol. The summed E-state index contributed by atoms with van der Waals surface area (Å²) in [6, 6.07) is 0. The lowest BCUT2D eigenvalue weighted by atomic mass is 10.1. The van der Waals surface area contributed by atoms with Crippen LogP contribution in [0.15, 0.2) is 4.34 Å². The summed E-state index contributed by atoms with van der Waals surface area (Å²) < 4.78 is 0.917. The zero-order valence-corrected chi connectivity index (χ0v) is 14.8. The lowest BCUT2D eigenvalue weighted by molar-refractivity contribution is -0.116. The maximum absolute atomic E-state index is 11.8. The molecule has 0 aromatic carbocycles. The minimum absolute atomic E-state index is 0.0604. The molecule has 1 heterocycles. The first-order valence-electron chi connectivity index (χ1n) is 8.02. The molecule has 4 nitrogen and oxygen atoms in total. The molecule has 120 valence electrons. The highest BCUT2D eigenvalue weighted by molar-refractivity contribution is 8.01. The number of nitrogens with zero attached hydrogens (tertiary/aromatic N) is 2. The van der Waals surface area contributed by atoms with Gasteiger partial charge in [-0.25, -0.2) is 0 Å². The Morgan fingerprint density at radius 3 is 2.38 bits per heavy atom. The molecule has 1 rings (SSSR count). The fourth-order valence-electron chi connectivity index (χ4n) is 2.04. The number of amides is 1. The van der Waals surface area contributed by atoms with Crippen molar-refractivity contribution in [3.8, 4) is 0 Å². The molecule has 0 fully saturated rings. The fourth-order valence-corrected chi connectivity index (χ4v) is 3.71. The quantitative estimate of drug-likeness (QED) is 0.328. The van der Waals surface area contributed by atoms with Crippen LogP contribution in [-0.2, 0) is 4.79 Å². The monoisotopic (exact) mass is 329 g/mol. The summed E-state index contributed by atoms with van der Waals surface area (Å²) in [5.41, 5.74) is 0. The minimum atomic E-state index is 0.0604. The van der Waals surface area contributed by atoms with Gasteiger partial charge in [0.05, 0.1) is 0 Å². The van der Waals surface area contributed by atoms with Gasteiger partial charge in [0.1, 0.15) is 0 Å². The van der Waals surface area contributed by atoms with Crippen LogP contribution >= 0.6 is 23.1 Å². The van der Waals surface area contributed by atoms with E-state index in [4.69, 9.17) is 0 Å². The fraction of sp³-hybridized carbons (Fsp3) is 0.800. The van der Waals surface area contributed by atoms with Crippen molar-refractivity contribution in [3.05, 3.63) is 0 Å². The van der Waals surface area contributed by atoms with Gasteiger partial charge in [0.15, 0.2) is 4.34 Å². The first-order valence-corrected chi connectivity index (χ1v) is 9.82. The van der Waals surface area contributed by atoms with Crippen LogP contribution in [0.25, 0.3) is 0 Å². The zero-order chi connectivity index (χ0) is 15.3. The molecular weight excluding hydrogens is 302 g/mol. The zero-order valence-electron chi connectivity index (χ0n) is 13.2. The number of carbonyl (C=O) groups is 1. The average molecular weight is 330 g/mol. The Kier molecular flexibility index (Phi) is 10.5. The molecule has 0 aliphatic heterocycles. The Morgan fingerprint density at radius 1 is 1.05 bits per heavy atom. The first-order chi connectivity index (χ1) is 10.3. The van der Waals surface area contributed by atoms with E-state index in [1.807, 2.05) is 0 Å². The van der Waals surface area contributed by atoms with Crippen LogP contribution in [-0.4, -0.2) is 21.9 Å². The molecule has 0 aliphatic carbocycles. The Morgan fingerprint density at radius 2 is 1.71 bits per heavy atom. The van der Waals surface area contributed by atoms with Crippen molar-refractivity contribution < 1.29 is 4.79 Å². The van der Waals surface area contributed by atoms with E-state index < -0.39 is 0 Å². The summed E-state index contributed by atoms with van der Waals surface area (Å²) in [6.07, 6.45) is 10.6. The van der Waals surface area contributed by atoms with Gasteiger partial charge in [-0.1, -0.05) is 81.9 Å². The Bertz CT molecular complexity index is 396. The lowest BCUT2D eigenvalue weighted by Crippen LogP contribution is -2.10. The first kappa shape index (κ1) is 18.4. The molecule has 1 N–H and O–H groups in total. The van der Waals surface area contributed by atoms with Gasteiger partial charge in [0, 0.05) is 6.42 Å². The topological polar surface area (TPSA) is 54.9 Å². The molecule has 1 aromatic heterocycles. The van der Waals surface area contributed by atoms with E-state index in [-0.39, 0.29) is 5.91 Å². The summed E-state index contributed by atoms with van der Waals surface area (Å²) in [5.74, 6) is 1.03. The highest BCUT2D eigenvalue weighted by Gasteiger charge is 2.07. The molecule has 0 atom stereocenters. The standard InChI is InChI=1S/C15H27N3OS2/c1-3-5-6-7-8-9-10-11-12-13(19)16-14-17-18-15(21-14)20-4-2/h3-12H2,1-2H3,(H,16,17,19). The average Bonchev–Trinajstić information content (AvgIpc) is 2.89. The van der Waals surface area contributed by atoms with E-state index in [0.717, 1.165) is 22.9 Å². The number of unbranched alkanes of at least 4 members (excludes halogenated alkanes) is 7. The van der Waals surface area contributed by atoms with Crippen LogP contribution in [0.4, 0.5) is 5.13 Å². The molecule has 0 saturated carbocycles. The summed E-state index contributed by atoms with van der Waals surface area (Å²) in [7, 11) is 0. The number of nitrogens with one attached hydrogen (secondary N) is 1. The van der Waals surface area contributed by atoms with Crippen LogP contribution < -0.4 is 5.32 Å². The van der Waals surface area contributed by atoms with Crippen LogP contribution in [0.5, 0.6) is 0 Å². The number of aromatic nitrogens is 2. The van der Waals surface area contributed by atoms with Crippen LogP contribution in [0.2, 0.25) is 0 Å². The van der Waals surface area contributed by atoms with Crippen molar-refractivity contribution in [3.63, 3.8) is 0 Å². The van der Waals surface area contributed by atoms with Crippen LogP contribution in [0.3, 0.4) is 0 Å². The molecule has 21 heavy (non-hydrogen) atoms. The molecule has 0 bridgehead atoms. The van der Waals surface area contributed by atoms with Crippen molar-refractivity contribution in [1.29, 1.82) is 0 Å². The summed E-state index contributed by atoms with van der Waals surface area (Å²) >= 11 is 3.10. The van der Waals surface area contributed by atoms with Crippen LogP contribution in [0.1, 0.15) is 71.6 Å². The summed E-state index contributed by atoms with van der Waals surface area (Å²) in [5, 5.41) is 11.5.